The van der Waals surface area contributed by atoms with Crippen molar-refractivity contribution in [1.29, 1.82) is 0 Å². The van der Waals surface area contributed by atoms with Gasteiger partial charge in [-0.15, -0.1) is 0 Å². The summed E-state index contributed by atoms with van der Waals surface area (Å²) >= 11 is 0. The van der Waals surface area contributed by atoms with E-state index in [-0.39, 0.29) is 6.61 Å². The van der Waals surface area contributed by atoms with Crippen LogP contribution in [-0.2, 0) is 16.0 Å². The maximum absolute atomic E-state index is 11.7. The quantitative estimate of drug-likeness (QED) is 0.309. The zero-order chi connectivity index (χ0) is 23.5. The maximum Gasteiger partial charge on any atom is 0.339 e. The van der Waals surface area contributed by atoms with Crippen LogP contribution in [0.4, 0.5) is 0 Å². The summed E-state index contributed by atoms with van der Waals surface area (Å²) in [6.07, 6.45) is 8.24. The Morgan fingerprint density at radius 3 is 2.58 bits per heavy atom. The molecule has 3 rings (SSSR count). The molecule has 1 aliphatic rings. The van der Waals surface area contributed by atoms with Crippen LogP contribution in [0.15, 0.2) is 42.5 Å². The molecule has 0 saturated heterocycles. The number of esters is 1. The van der Waals surface area contributed by atoms with Crippen LogP contribution in [-0.4, -0.2) is 30.9 Å². The van der Waals surface area contributed by atoms with E-state index in [0.717, 1.165) is 25.0 Å². The van der Waals surface area contributed by atoms with Crippen LogP contribution in [0.5, 0.6) is 11.5 Å². The Morgan fingerprint density at radius 1 is 1.03 bits per heavy atom. The van der Waals surface area contributed by atoms with Gasteiger partial charge in [0.25, 0.3) is 0 Å². The Balaban J connectivity index is 1.48. The number of aliphatic hydroxyl groups excluding tert-OH is 1. The van der Waals surface area contributed by atoms with E-state index in [2.05, 4.69) is 25.1 Å². The zero-order valence-corrected chi connectivity index (χ0v) is 20.1. The minimum atomic E-state index is -1.30. The van der Waals surface area contributed by atoms with Crippen LogP contribution in [0, 0.1) is 0 Å². The van der Waals surface area contributed by atoms with Crippen molar-refractivity contribution in [2.45, 2.75) is 77.2 Å². The summed E-state index contributed by atoms with van der Waals surface area (Å²) in [6.45, 7) is 5.21. The molecule has 5 nitrogen and oxygen atoms in total. The number of aryl methyl sites for hydroxylation is 1. The van der Waals surface area contributed by atoms with Crippen LogP contribution < -0.4 is 9.47 Å². The average Bonchev–Trinajstić information content (AvgIpc) is 2.85. The van der Waals surface area contributed by atoms with Gasteiger partial charge < -0.3 is 19.3 Å². The third-order valence-corrected chi connectivity index (χ3v) is 6.18. The Morgan fingerprint density at radius 2 is 1.82 bits per heavy atom. The maximum atomic E-state index is 11.7. The molecule has 180 valence electrons. The van der Waals surface area contributed by atoms with Gasteiger partial charge >= 0.3 is 5.97 Å². The Hall–Kier alpha value is -2.53. The Labute approximate surface area is 198 Å². The molecular weight excluding hydrogens is 416 g/mol. The molecule has 0 bridgehead atoms. The fraction of sp³-hybridized carbons (Fsp3) is 0.536. The van der Waals surface area contributed by atoms with Crippen LogP contribution in [0.25, 0.3) is 0 Å². The second kappa shape index (κ2) is 13.2. The largest absolute Gasteiger partial charge is 0.493 e. The summed E-state index contributed by atoms with van der Waals surface area (Å²) in [5.74, 6) is 1.64. The lowest BCUT2D eigenvalue weighted by Crippen LogP contribution is -2.15. The van der Waals surface area contributed by atoms with Crippen molar-refractivity contribution in [1.82, 2.24) is 0 Å². The topological polar surface area (TPSA) is 65.0 Å². The second-order valence-corrected chi connectivity index (χ2v) is 8.73. The first-order valence-corrected chi connectivity index (χ1v) is 12.5. The number of benzene rings is 2. The molecule has 1 atom stereocenters. The first-order valence-electron chi connectivity index (χ1n) is 12.5. The number of ether oxygens (including phenoxy) is 3. The number of rotatable bonds is 12. The molecule has 5 heteroatoms. The molecule has 2 aromatic rings. The summed E-state index contributed by atoms with van der Waals surface area (Å²) in [5, 5.41) is 10.1. The van der Waals surface area contributed by atoms with Crippen molar-refractivity contribution in [2.75, 3.05) is 19.8 Å². The molecule has 33 heavy (non-hydrogen) atoms. The second-order valence-electron chi connectivity index (χ2n) is 8.73. The van der Waals surface area contributed by atoms with Crippen LogP contribution >= 0.6 is 0 Å². The van der Waals surface area contributed by atoms with Crippen LogP contribution in [0.2, 0.25) is 0 Å². The van der Waals surface area contributed by atoms with E-state index < -0.39 is 12.1 Å². The van der Waals surface area contributed by atoms with E-state index in [1.807, 2.05) is 6.07 Å². The summed E-state index contributed by atoms with van der Waals surface area (Å²) in [5.41, 5.74) is 3.24. The molecule has 0 aromatic heterocycles. The smallest absolute Gasteiger partial charge is 0.339 e. The van der Waals surface area contributed by atoms with Gasteiger partial charge in [-0.1, -0.05) is 56.9 Å². The standard InChI is InChI=1S/C28H38O5/c1-3-10-23-19-22(21-11-6-5-7-12-21)15-16-26(23)33-18-9-17-32-25-14-8-13-24(20-25)27(29)28(30)31-4-2/h8,13-16,19-21,27,29H,3-7,9-12,17-18H2,1-2H3/t27-/m1/s1. The molecule has 1 fully saturated rings. The summed E-state index contributed by atoms with van der Waals surface area (Å²) in [6, 6.07) is 13.7. The van der Waals surface area contributed by atoms with Crippen molar-refractivity contribution in [3.8, 4) is 11.5 Å². The number of hydrogen-bond donors (Lipinski definition) is 1. The molecular formula is C28H38O5. The van der Waals surface area contributed by atoms with E-state index >= 15 is 0 Å². The fourth-order valence-electron chi connectivity index (χ4n) is 4.46. The highest BCUT2D eigenvalue weighted by Gasteiger charge is 2.19. The van der Waals surface area contributed by atoms with Crippen LogP contribution in [0.1, 0.15) is 87.5 Å². The van der Waals surface area contributed by atoms with Gasteiger partial charge in [-0.3, -0.25) is 0 Å². The van der Waals surface area contributed by atoms with Gasteiger partial charge in [-0.2, -0.15) is 0 Å². The van der Waals surface area contributed by atoms with E-state index in [0.29, 0.717) is 30.4 Å². The zero-order valence-electron chi connectivity index (χ0n) is 20.1. The van der Waals surface area contributed by atoms with Gasteiger partial charge in [0.05, 0.1) is 19.8 Å². The molecule has 2 aromatic carbocycles. The first kappa shape index (κ1) is 25.1. The third-order valence-electron chi connectivity index (χ3n) is 6.18. The summed E-state index contributed by atoms with van der Waals surface area (Å²) < 4.78 is 16.8. The number of aliphatic hydroxyl groups is 1. The molecule has 0 spiro atoms. The molecule has 0 amide bonds. The molecule has 1 saturated carbocycles. The highest BCUT2D eigenvalue weighted by molar-refractivity contribution is 5.76. The van der Waals surface area contributed by atoms with Crippen LogP contribution in [0.3, 0.4) is 0 Å². The van der Waals surface area contributed by atoms with Gasteiger partial charge in [0.15, 0.2) is 6.10 Å². The van der Waals surface area contributed by atoms with Crippen molar-refractivity contribution in [3.05, 3.63) is 59.2 Å². The molecule has 0 unspecified atom stereocenters. The number of carbonyl (C=O) groups excluding carboxylic acids is 1. The number of hydrogen-bond acceptors (Lipinski definition) is 5. The van der Waals surface area contributed by atoms with Gasteiger partial charge in [0.1, 0.15) is 11.5 Å². The van der Waals surface area contributed by atoms with E-state index in [9.17, 15) is 9.90 Å². The van der Waals surface area contributed by atoms with Crippen molar-refractivity contribution < 1.29 is 24.1 Å². The normalized spacial score (nSPS) is 15.1. The third kappa shape index (κ3) is 7.50. The Kier molecular flexibility index (Phi) is 10.1. The predicted octanol–water partition coefficient (Wildman–Crippen LogP) is 6.13. The molecule has 0 radical (unpaired) electrons. The minimum absolute atomic E-state index is 0.232. The molecule has 0 aliphatic heterocycles. The fourth-order valence-corrected chi connectivity index (χ4v) is 4.46. The SMILES string of the molecule is CCCc1cc(C2CCCCC2)ccc1OCCCOc1cccc([C@@H](O)C(=O)OCC)c1. The average molecular weight is 455 g/mol. The minimum Gasteiger partial charge on any atom is -0.493 e. The monoisotopic (exact) mass is 454 g/mol. The lowest BCUT2D eigenvalue weighted by Gasteiger charge is -2.23. The molecule has 0 heterocycles. The summed E-state index contributed by atoms with van der Waals surface area (Å²) in [7, 11) is 0. The predicted molar refractivity (Wildman–Crippen MR) is 130 cm³/mol. The van der Waals surface area contributed by atoms with E-state index in [1.54, 1.807) is 25.1 Å². The molecule has 1 N–H and O–H groups in total. The van der Waals surface area contributed by atoms with Crippen molar-refractivity contribution in [3.63, 3.8) is 0 Å². The number of carbonyl (C=O) groups is 1. The highest BCUT2D eigenvalue weighted by atomic mass is 16.5. The van der Waals surface area contributed by atoms with Crippen molar-refractivity contribution >= 4 is 5.97 Å². The lowest BCUT2D eigenvalue weighted by molar-refractivity contribution is -0.153. The lowest BCUT2D eigenvalue weighted by atomic mass is 9.83. The summed E-state index contributed by atoms with van der Waals surface area (Å²) in [4.78, 5) is 11.7. The Bertz CT molecular complexity index is 872. The van der Waals surface area contributed by atoms with Gasteiger partial charge in [-0.05, 0) is 67.0 Å². The van der Waals surface area contributed by atoms with Crippen molar-refractivity contribution in [2.24, 2.45) is 0 Å². The van der Waals surface area contributed by atoms with Gasteiger partial charge in [0.2, 0.25) is 0 Å². The van der Waals surface area contributed by atoms with Gasteiger partial charge in [0, 0.05) is 6.42 Å². The van der Waals surface area contributed by atoms with E-state index in [1.165, 1.54) is 43.2 Å². The van der Waals surface area contributed by atoms with E-state index in [4.69, 9.17) is 14.2 Å². The van der Waals surface area contributed by atoms with Gasteiger partial charge in [-0.25, -0.2) is 4.79 Å². The molecule has 1 aliphatic carbocycles. The highest BCUT2D eigenvalue weighted by Crippen LogP contribution is 2.35. The first-order chi connectivity index (χ1) is 16.1.